The monoisotopic (exact) mass is 105 g/mol. The third kappa shape index (κ3) is 1.37. The molecular formula is C3H8NOP. The molecule has 0 amide bonds. The Labute approximate surface area is 40.2 Å². The van der Waals surface area contributed by atoms with Crippen LogP contribution in [-0.4, -0.2) is 19.6 Å². The zero-order valence-corrected chi connectivity index (χ0v) is 4.97. The van der Waals surface area contributed by atoms with Crippen LogP contribution < -0.4 is 0 Å². The van der Waals surface area contributed by atoms with E-state index >= 15 is 0 Å². The molecule has 1 atom stereocenters. The van der Waals surface area contributed by atoms with Crippen LogP contribution in [0.2, 0.25) is 0 Å². The maximum absolute atomic E-state index is 4.65. The fourth-order valence-corrected chi connectivity index (χ4v) is 0.264. The number of rotatable bonds is 0. The first-order valence-electron chi connectivity index (χ1n) is 1.60. The van der Waals surface area contributed by atoms with Gasteiger partial charge in [-0.15, -0.1) is 0 Å². The minimum Gasteiger partial charge on any atom is -0.482 e. The minimum absolute atomic E-state index is 0. The van der Waals surface area contributed by atoms with Crippen LogP contribution >= 0.6 is 9.90 Å². The highest BCUT2D eigenvalue weighted by Gasteiger charge is 1.84. The molecule has 36 valence electrons. The van der Waals surface area contributed by atoms with E-state index < -0.39 is 0 Å². The summed E-state index contributed by atoms with van der Waals surface area (Å²) in [5, 5.41) is 0. The predicted octanol–water partition coefficient (Wildman–Crippen LogP) is 0.103. The van der Waals surface area contributed by atoms with Crippen molar-refractivity contribution in [2.45, 2.75) is 0 Å². The summed E-state index contributed by atoms with van der Waals surface area (Å²) in [4.78, 5) is 3.74. The largest absolute Gasteiger partial charge is 0.482 e. The second-order valence-electron chi connectivity index (χ2n) is 0.882. The lowest BCUT2D eigenvalue weighted by atomic mass is 10.8. The predicted molar refractivity (Wildman–Crippen MR) is 30.4 cm³/mol. The lowest BCUT2D eigenvalue weighted by Crippen LogP contribution is -1.80. The first-order chi connectivity index (χ1) is 2.50. The molecule has 3 heteroatoms. The first kappa shape index (κ1) is 5.90. The molecule has 0 fully saturated rings. The topological polar surface area (TPSA) is 21.6 Å². The van der Waals surface area contributed by atoms with Crippen LogP contribution in [0.25, 0.3) is 0 Å². The maximum Gasteiger partial charge on any atom is 0.169 e. The summed E-state index contributed by atoms with van der Waals surface area (Å²) in [6, 6.07) is 0. The zero-order valence-electron chi connectivity index (χ0n) is 3.55. The molecule has 6 heavy (non-hydrogen) atoms. The van der Waals surface area contributed by atoms with Gasteiger partial charge >= 0.3 is 0 Å². The Kier molecular flexibility index (Phi) is 3.05. The number of aliphatic imine (C=N–C) groups is 1. The van der Waals surface area contributed by atoms with Crippen molar-refractivity contribution in [1.29, 1.82) is 0 Å². The van der Waals surface area contributed by atoms with Crippen molar-refractivity contribution in [2.75, 3.05) is 13.2 Å². The molecule has 0 saturated carbocycles. The summed E-state index contributed by atoms with van der Waals surface area (Å²) in [6.07, 6.45) is 1.49. The summed E-state index contributed by atoms with van der Waals surface area (Å²) in [5.74, 6) is 0. The van der Waals surface area contributed by atoms with Crippen LogP contribution in [-0.2, 0) is 4.74 Å². The fourth-order valence-electron chi connectivity index (χ4n) is 0.264. The second-order valence-corrected chi connectivity index (χ2v) is 0.882. The smallest absolute Gasteiger partial charge is 0.169 e. The Morgan fingerprint density at radius 2 is 2.50 bits per heavy atom. The third-order valence-corrected chi connectivity index (χ3v) is 0.487. The fraction of sp³-hybridized carbons (Fsp3) is 0.667. The van der Waals surface area contributed by atoms with Crippen molar-refractivity contribution in [3.8, 4) is 0 Å². The Hall–Kier alpha value is -0.100. The Bertz CT molecular complexity index is 48.8. The third-order valence-electron chi connectivity index (χ3n) is 0.487. The lowest BCUT2D eigenvalue weighted by molar-refractivity contribution is 0.361. The van der Waals surface area contributed by atoms with E-state index in [2.05, 4.69) is 9.73 Å². The number of ether oxygens (including phenoxy) is 1. The maximum atomic E-state index is 4.65. The van der Waals surface area contributed by atoms with Gasteiger partial charge in [-0.05, 0) is 0 Å². The highest BCUT2D eigenvalue weighted by molar-refractivity contribution is 6.92. The first-order valence-corrected chi connectivity index (χ1v) is 1.60. The highest BCUT2D eigenvalue weighted by atomic mass is 31.0. The molecule has 0 aromatic carbocycles. The minimum atomic E-state index is 0. The summed E-state index contributed by atoms with van der Waals surface area (Å²) < 4.78 is 4.65. The zero-order chi connectivity index (χ0) is 3.54. The molecule has 0 aromatic rings. The molecule has 0 saturated heterocycles. The van der Waals surface area contributed by atoms with Gasteiger partial charge in [-0.3, -0.25) is 4.99 Å². The second kappa shape index (κ2) is 3.10. The molecule has 0 aromatic heterocycles. The summed E-state index contributed by atoms with van der Waals surface area (Å²) >= 11 is 0. The van der Waals surface area contributed by atoms with Gasteiger partial charge < -0.3 is 4.74 Å². The van der Waals surface area contributed by atoms with E-state index in [1.807, 2.05) is 0 Å². The van der Waals surface area contributed by atoms with Crippen LogP contribution in [0.3, 0.4) is 0 Å². The summed E-state index contributed by atoms with van der Waals surface area (Å²) in [5.41, 5.74) is 0. The van der Waals surface area contributed by atoms with Gasteiger partial charge in [0.2, 0.25) is 0 Å². The normalized spacial score (nSPS) is 16.0. The van der Waals surface area contributed by atoms with Gasteiger partial charge in [0.25, 0.3) is 0 Å². The molecule has 1 rings (SSSR count). The molecule has 0 spiro atoms. The van der Waals surface area contributed by atoms with Crippen molar-refractivity contribution in [3.63, 3.8) is 0 Å². The van der Waals surface area contributed by atoms with Gasteiger partial charge in [-0.2, -0.15) is 9.90 Å². The molecule has 1 heterocycles. The van der Waals surface area contributed by atoms with Gasteiger partial charge in [0.15, 0.2) is 6.40 Å². The van der Waals surface area contributed by atoms with Gasteiger partial charge in [0, 0.05) is 0 Å². The van der Waals surface area contributed by atoms with Crippen molar-refractivity contribution >= 4 is 16.3 Å². The van der Waals surface area contributed by atoms with E-state index in [4.69, 9.17) is 0 Å². The van der Waals surface area contributed by atoms with Crippen molar-refractivity contribution < 1.29 is 4.74 Å². The van der Waals surface area contributed by atoms with E-state index in [-0.39, 0.29) is 9.90 Å². The molecule has 1 unspecified atom stereocenters. The molecular weight excluding hydrogens is 97.0 g/mol. The van der Waals surface area contributed by atoms with Gasteiger partial charge in [-0.1, -0.05) is 0 Å². The van der Waals surface area contributed by atoms with E-state index in [1.165, 1.54) is 6.40 Å². The van der Waals surface area contributed by atoms with Gasteiger partial charge in [0.1, 0.15) is 6.61 Å². The van der Waals surface area contributed by atoms with Crippen LogP contribution in [0.1, 0.15) is 0 Å². The van der Waals surface area contributed by atoms with Crippen LogP contribution in [0.15, 0.2) is 4.99 Å². The quantitative estimate of drug-likeness (QED) is 0.400. The SMILES string of the molecule is C1=NCCO1.P. The molecule has 2 nitrogen and oxygen atoms in total. The highest BCUT2D eigenvalue weighted by Crippen LogP contribution is 1.78. The average molecular weight is 105 g/mol. The Morgan fingerprint density at radius 3 is 2.67 bits per heavy atom. The van der Waals surface area contributed by atoms with Gasteiger partial charge in [0.05, 0.1) is 6.54 Å². The van der Waals surface area contributed by atoms with Gasteiger partial charge in [-0.25, -0.2) is 0 Å². The molecule has 0 bridgehead atoms. The Balaban J connectivity index is 0.000000250. The van der Waals surface area contributed by atoms with Crippen molar-refractivity contribution in [2.24, 2.45) is 4.99 Å². The summed E-state index contributed by atoms with van der Waals surface area (Å²) in [6.45, 7) is 1.62. The Morgan fingerprint density at radius 1 is 1.67 bits per heavy atom. The lowest BCUT2D eigenvalue weighted by Gasteiger charge is -1.76. The van der Waals surface area contributed by atoms with E-state index in [9.17, 15) is 0 Å². The van der Waals surface area contributed by atoms with E-state index in [0.29, 0.717) is 0 Å². The summed E-state index contributed by atoms with van der Waals surface area (Å²) in [7, 11) is 0. The van der Waals surface area contributed by atoms with Crippen molar-refractivity contribution in [3.05, 3.63) is 0 Å². The van der Waals surface area contributed by atoms with Crippen LogP contribution in [0.5, 0.6) is 0 Å². The van der Waals surface area contributed by atoms with E-state index in [0.717, 1.165) is 13.2 Å². The van der Waals surface area contributed by atoms with E-state index in [1.54, 1.807) is 0 Å². The standard InChI is InChI=1S/C3H5NO.H3P/c1-2-5-3-4-1;/h3H,1-2H2;1H3. The molecule has 0 radical (unpaired) electrons. The number of nitrogens with zero attached hydrogens (tertiary/aromatic N) is 1. The molecule has 1 aliphatic rings. The van der Waals surface area contributed by atoms with Crippen molar-refractivity contribution in [1.82, 2.24) is 0 Å². The number of hydrogen-bond acceptors (Lipinski definition) is 2. The number of hydrogen-bond donors (Lipinski definition) is 0. The van der Waals surface area contributed by atoms with Crippen LogP contribution in [0.4, 0.5) is 0 Å². The molecule has 0 N–H and O–H groups in total. The molecule has 0 aliphatic carbocycles. The molecule has 1 aliphatic heterocycles. The average Bonchev–Trinajstić information content (AvgIpc) is 1.76. The van der Waals surface area contributed by atoms with Crippen LogP contribution in [0, 0.1) is 0 Å².